The molecule has 0 aromatic heterocycles. The van der Waals surface area contributed by atoms with Gasteiger partial charge in [0, 0.05) is 33.4 Å². The lowest BCUT2D eigenvalue weighted by atomic mass is 10.7. The molecule has 66 valence electrons. The van der Waals surface area contributed by atoms with Gasteiger partial charge in [-0.3, -0.25) is 4.99 Å². The molecule has 0 radical (unpaired) electrons. The maximum atomic E-state index is 4.08. The summed E-state index contributed by atoms with van der Waals surface area (Å²) in [6.07, 6.45) is 2.10. The first kappa shape index (κ1) is 10.6. The van der Waals surface area contributed by atoms with Crippen molar-refractivity contribution in [2.24, 2.45) is 4.99 Å². The van der Waals surface area contributed by atoms with Crippen molar-refractivity contribution in [2.75, 3.05) is 39.7 Å². The van der Waals surface area contributed by atoms with Crippen molar-refractivity contribution in [3.63, 3.8) is 0 Å². The molecule has 0 aliphatic carbocycles. The van der Waals surface area contributed by atoms with Gasteiger partial charge in [-0.05, 0) is 6.26 Å². The zero-order valence-electron chi connectivity index (χ0n) is 7.72. The summed E-state index contributed by atoms with van der Waals surface area (Å²) < 4.78 is 0. The van der Waals surface area contributed by atoms with Crippen molar-refractivity contribution in [3.05, 3.63) is 0 Å². The Morgan fingerprint density at radius 3 is 2.55 bits per heavy atom. The molecule has 0 atom stereocenters. The molecular weight excluding hydrogens is 158 g/mol. The van der Waals surface area contributed by atoms with Crippen LogP contribution in [0, 0.1) is 0 Å². The van der Waals surface area contributed by atoms with Gasteiger partial charge in [0.05, 0.1) is 0 Å². The van der Waals surface area contributed by atoms with E-state index in [9.17, 15) is 0 Å². The molecule has 3 nitrogen and oxygen atoms in total. The Labute approximate surface area is 73.3 Å². The Kier molecular flexibility index (Phi) is 6.12. The zero-order chi connectivity index (χ0) is 8.69. The first-order chi connectivity index (χ1) is 5.22. The van der Waals surface area contributed by atoms with E-state index < -0.39 is 0 Å². The number of guanidine groups is 1. The maximum Gasteiger partial charge on any atom is 0.193 e. The highest BCUT2D eigenvalue weighted by atomic mass is 32.2. The molecule has 0 bridgehead atoms. The van der Waals surface area contributed by atoms with Crippen LogP contribution in [-0.2, 0) is 0 Å². The fourth-order valence-corrected chi connectivity index (χ4v) is 1.01. The second-order valence-corrected chi connectivity index (χ2v) is 3.35. The van der Waals surface area contributed by atoms with Gasteiger partial charge >= 0.3 is 0 Å². The van der Waals surface area contributed by atoms with Gasteiger partial charge in [0.1, 0.15) is 0 Å². The lowest BCUT2D eigenvalue weighted by Gasteiger charge is -2.16. The fraction of sp³-hybridized carbons (Fsp3) is 0.857. The lowest BCUT2D eigenvalue weighted by Crippen LogP contribution is -2.37. The number of aliphatic imine (C=N–C) groups is 1. The van der Waals surface area contributed by atoms with Crippen LogP contribution in [0.4, 0.5) is 0 Å². The largest absolute Gasteiger partial charge is 0.355 e. The summed E-state index contributed by atoms with van der Waals surface area (Å²) in [7, 11) is 5.75. The van der Waals surface area contributed by atoms with E-state index in [0.717, 1.165) is 18.3 Å². The molecule has 0 unspecified atom stereocenters. The molecule has 1 N–H and O–H groups in total. The predicted octanol–water partition coefficient (Wildman–Crippen LogP) is 0.486. The van der Waals surface area contributed by atoms with Crippen LogP contribution in [0.15, 0.2) is 4.99 Å². The van der Waals surface area contributed by atoms with E-state index in [4.69, 9.17) is 0 Å². The van der Waals surface area contributed by atoms with Gasteiger partial charge in [-0.15, -0.1) is 0 Å². The van der Waals surface area contributed by atoms with Crippen LogP contribution >= 0.6 is 11.8 Å². The monoisotopic (exact) mass is 175 g/mol. The average molecular weight is 175 g/mol. The standard InChI is InChI=1S/C7H17N3S/c1-8-7(10(2)3)9-5-6-11-4/h5-6H2,1-4H3,(H,8,9). The predicted molar refractivity (Wildman–Crippen MR) is 53.4 cm³/mol. The summed E-state index contributed by atoms with van der Waals surface area (Å²) in [5.74, 6) is 2.06. The quantitative estimate of drug-likeness (QED) is 0.384. The minimum atomic E-state index is 0.944. The van der Waals surface area contributed by atoms with Gasteiger partial charge in [0.2, 0.25) is 0 Å². The lowest BCUT2D eigenvalue weighted by molar-refractivity contribution is 0.588. The van der Waals surface area contributed by atoms with E-state index in [-0.39, 0.29) is 0 Å². The summed E-state index contributed by atoms with van der Waals surface area (Å²) in [5, 5.41) is 3.22. The van der Waals surface area contributed by atoms with Crippen molar-refractivity contribution in [2.45, 2.75) is 0 Å². The SMILES string of the molecule is CN=C(NCCSC)N(C)C. The van der Waals surface area contributed by atoms with Crippen molar-refractivity contribution in [3.8, 4) is 0 Å². The Hall–Kier alpha value is -0.380. The summed E-state index contributed by atoms with van der Waals surface area (Å²) in [6, 6.07) is 0. The first-order valence-electron chi connectivity index (χ1n) is 3.59. The summed E-state index contributed by atoms with van der Waals surface area (Å²) in [6.45, 7) is 0.978. The van der Waals surface area contributed by atoms with Crippen molar-refractivity contribution in [1.29, 1.82) is 0 Å². The third-order valence-electron chi connectivity index (χ3n) is 1.22. The van der Waals surface area contributed by atoms with Gasteiger partial charge in [-0.25, -0.2) is 0 Å². The smallest absolute Gasteiger partial charge is 0.193 e. The highest BCUT2D eigenvalue weighted by Gasteiger charge is 1.96. The van der Waals surface area contributed by atoms with Crippen molar-refractivity contribution < 1.29 is 0 Å². The minimum Gasteiger partial charge on any atom is -0.355 e. The number of nitrogens with zero attached hydrogens (tertiary/aromatic N) is 2. The molecule has 0 rings (SSSR count). The Bertz CT molecular complexity index is 123. The first-order valence-corrected chi connectivity index (χ1v) is 4.98. The van der Waals surface area contributed by atoms with Crippen LogP contribution in [0.1, 0.15) is 0 Å². The second-order valence-electron chi connectivity index (χ2n) is 2.36. The number of hydrogen-bond acceptors (Lipinski definition) is 2. The molecule has 0 aliphatic heterocycles. The van der Waals surface area contributed by atoms with E-state index in [2.05, 4.69) is 16.6 Å². The topological polar surface area (TPSA) is 27.6 Å². The highest BCUT2D eigenvalue weighted by molar-refractivity contribution is 7.98. The summed E-state index contributed by atoms with van der Waals surface area (Å²) in [4.78, 5) is 6.05. The highest BCUT2D eigenvalue weighted by Crippen LogP contribution is 1.87. The van der Waals surface area contributed by atoms with E-state index in [0.29, 0.717) is 0 Å². The second kappa shape index (κ2) is 6.34. The van der Waals surface area contributed by atoms with E-state index in [1.165, 1.54) is 0 Å². The van der Waals surface area contributed by atoms with Gasteiger partial charge in [-0.2, -0.15) is 11.8 Å². The van der Waals surface area contributed by atoms with Crippen LogP contribution in [0.3, 0.4) is 0 Å². The van der Waals surface area contributed by atoms with Crippen molar-refractivity contribution in [1.82, 2.24) is 10.2 Å². The molecule has 0 heterocycles. The number of nitrogens with one attached hydrogen (secondary N) is 1. The average Bonchev–Trinajstić information content (AvgIpc) is 1.97. The molecule has 0 amide bonds. The molecule has 11 heavy (non-hydrogen) atoms. The molecule has 0 saturated carbocycles. The normalized spacial score (nSPS) is 11.5. The molecule has 0 aromatic rings. The summed E-state index contributed by atoms with van der Waals surface area (Å²) >= 11 is 1.83. The maximum absolute atomic E-state index is 4.08. The number of thioether (sulfide) groups is 1. The minimum absolute atomic E-state index is 0.944. The van der Waals surface area contributed by atoms with E-state index in [1.807, 2.05) is 30.8 Å². The summed E-state index contributed by atoms with van der Waals surface area (Å²) in [5.41, 5.74) is 0. The Balaban J connectivity index is 3.54. The van der Waals surface area contributed by atoms with Crippen molar-refractivity contribution >= 4 is 17.7 Å². The zero-order valence-corrected chi connectivity index (χ0v) is 8.53. The Morgan fingerprint density at radius 1 is 1.55 bits per heavy atom. The fourth-order valence-electron chi connectivity index (χ4n) is 0.702. The van der Waals surface area contributed by atoms with Crippen LogP contribution < -0.4 is 5.32 Å². The molecule has 0 fully saturated rings. The molecule has 0 spiro atoms. The van der Waals surface area contributed by atoms with E-state index >= 15 is 0 Å². The van der Waals surface area contributed by atoms with Gasteiger partial charge in [0.25, 0.3) is 0 Å². The Morgan fingerprint density at radius 2 is 2.18 bits per heavy atom. The van der Waals surface area contributed by atoms with Gasteiger partial charge in [-0.1, -0.05) is 0 Å². The van der Waals surface area contributed by atoms with Crippen LogP contribution in [0.25, 0.3) is 0 Å². The van der Waals surface area contributed by atoms with Crippen LogP contribution in [0.2, 0.25) is 0 Å². The molecule has 4 heteroatoms. The third kappa shape index (κ3) is 4.95. The van der Waals surface area contributed by atoms with Crippen LogP contribution in [0.5, 0.6) is 0 Å². The molecular formula is C7H17N3S. The van der Waals surface area contributed by atoms with Crippen LogP contribution in [-0.4, -0.2) is 50.6 Å². The molecule has 0 aromatic carbocycles. The third-order valence-corrected chi connectivity index (χ3v) is 1.84. The number of rotatable bonds is 3. The van der Waals surface area contributed by atoms with E-state index in [1.54, 1.807) is 7.05 Å². The van der Waals surface area contributed by atoms with Gasteiger partial charge < -0.3 is 10.2 Å². The number of hydrogen-bond donors (Lipinski definition) is 1. The molecule has 0 aliphatic rings. The van der Waals surface area contributed by atoms with Gasteiger partial charge in [0.15, 0.2) is 5.96 Å². The molecule has 0 saturated heterocycles.